The summed E-state index contributed by atoms with van der Waals surface area (Å²) >= 11 is 1.69. The number of nitrogens with one attached hydrogen (secondary N) is 1. The number of rotatable bonds is 8. The molecule has 2 unspecified atom stereocenters. The fraction of sp³-hybridized carbons (Fsp3) is 0.600. The Kier molecular flexibility index (Phi) is 7.19. The number of hydrogen-bond acceptors (Lipinski definition) is 5. The summed E-state index contributed by atoms with van der Waals surface area (Å²) in [5.41, 5.74) is 1.17. The molecular weight excluding hydrogens is 274 g/mol. The van der Waals surface area contributed by atoms with E-state index in [9.17, 15) is 5.11 Å². The average Bonchev–Trinajstić information content (AvgIpc) is 2.50. The molecule has 1 aromatic rings. The van der Waals surface area contributed by atoms with Gasteiger partial charge in [-0.05, 0) is 36.8 Å². The summed E-state index contributed by atoms with van der Waals surface area (Å²) in [5.74, 6) is 1.72. The maximum Gasteiger partial charge on any atom is 0.161 e. The van der Waals surface area contributed by atoms with Gasteiger partial charge in [0.2, 0.25) is 0 Å². The van der Waals surface area contributed by atoms with Crippen molar-refractivity contribution in [3.8, 4) is 11.5 Å². The topological polar surface area (TPSA) is 50.7 Å². The molecule has 0 radical (unpaired) electrons. The van der Waals surface area contributed by atoms with Gasteiger partial charge in [0.1, 0.15) is 0 Å². The Morgan fingerprint density at radius 1 is 1.20 bits per heavy atom. The summed E-state index contributed by atoms with van der Waals surface area (Å²) in [6.45, 7) is 5.04. The zero-order valence-electron chi connectivity index (χ0n) is 12.9. The fourth-order valence-electron chi connectivity index (χ4n) is 1.86. The van der Waals surface area contributed by atoms with Crippen molar-refractivity contribution in [2.45, 2.75) is 31.3 Å². The van der Waals surface area contributed by atoms with Crippen LogP contribution in [0.1, 0.15) is 19.4 Å². The second-order valence-electron chi connectivity index (χ2n) is 4.85. The van der Waals surface area contributed by atoms with Crippen molar-refractivity contribution in [2.24, 2.45) is 5.92 Å². The molecular formula is C15H25NO3S. The van der Waals surface area contributed by atoms with E-state index in [1.54, 1.807) is 26.0 Å². The van der Waals surface area contributed by atoms with E-state index in [0.29, 0.717) is 0 Å². The SMILES string of the molecule is COc1cc(CNC(C)C(C)CO)c(SC)cc1OC. The first-order valence-corrected chi connectivity index (χ1v) is 7.92. The van der Waals surface area contributed by atoms with Gasteiger partial charge >= 0.3 is 0 Å². The van der Waals surface area contributed by atoms with Crippen LogP contribution in [0.25, 0.3) is 0 Å². The lowest BCUT2D eigenvalue weighted by molar-refractivity contribution is 0.207. The van der Waals surface area contributed by atoms with Crippen molar-refractivity contribution in [1.29, 1.82) is 0 Å². The van der Waals surface area contributed by atoms with E-state index in [4.69, 9.17) is 9.47 Å². The minimum atomic E-state index is 0.190. The van der Waals surface area contributed by atoms with Crippen molar-refractivity contribution in [2.75, 3.05) is 27.1 Å². The predicted molar refractivity (Wildman–Crippen MR) is 83.9 cm³/mol. The Balaban J connectivity index is 2.88. The molecule has 0 saturated carbocycles. The summed E-state index contributed by atoms with van der Waals surface area (Å²) in [5, 5.41) is 12.6. The van der Waals surface area contributed by atoms with Gasteiger partial charge < -0.3 is 19.9 Å². The molecule has 1 aromatic carbocycles. The minimum Gasteiger partial charge on any atom is -0.493 e. The Labute approximate surface area is 125 Å². The van der Waals surface area contributed by atoms with E-state index in [-0.39, 0.29) is 18.6 Å². The van der Waals surface area contributed by atoms with Gasteiger partial charge in [-0.1, -0.05) is 6.92 Å². The number of hydrogen-bond donors (Lipinski definition) is 2. The molecule has 0 heterocycles. The van der Waals surface area contributed by atoms with Crippen LogP contribution in [-0.2, 0) is 6.54 Å². The van der Waals surface area contributed by atoms with Gasteiger partial charge in [0.05, 0.1) is 14.2 Å². The molecule has 0 bridgehead atoms. The molecule has 0 amide bonds. The number of aliphatic hydroxyl groups excluding tert-OH is 1. The zero-order valence-corrected chi connectivity index (χ0v) is 13.7. The summed E-state index contributed by atoms with van der Waals surface area (Å²) in [7, 11) is 3.29. The quantitative estimate of drug-likeness (QED) is 0.723. The van der Waals surface area contributed by atoms with Gasteiger partial charge in [-0.2, -0.15) is 0 Å². The van der Waals surface area contributed by atoms with Crippen molar-refractivity contribution < 1.29 is 14.6 Å². The molecule has 0 fully saturated rings. The van der Waals surface area contributed by atoms with Crippen molar-refractivity contribution in [1.82, 2.24) is 5.32 Å². The van der Waals surface area contributed by atoms with Gasteiger partial charge in [-0.15, -0.1) is 11.8 Å². The van der Waals surface area contributed by atoms with Gasteiger partial charge in [0, 0.05) is 24.1 Å². The van der Waals surface area contributed by atoms with Crippen molar-refractivity contribution in [3.05, 3.63) is 17.7 Å². The van der Waals surface area contributed by atoms with E-state index in [0.717, 1.165) is 18.0 Å². The van der Waals surface area contributed by atoms with Crippen LogP contribution in [0.3, 0.4) is 0 Å². The summed E-state index contributed by atoms with van der Waals surface area (Å²) in [6, 6.07) is 4.26. The van der Waals surface area contributed by atoms with Crippen LogP contribution in [0.15, 0.2) is 17.0 Å². The lowest BCUT2D eigenvalue weighted by Gasteiger charge is -2.21. The molecule has 4 nitrogen and oxygen atoms in total. The molecule has 0 aliphatic rings. The molecule has 1 rings (SSSR count). The maximum absolute atomic E-state index is 9.17. The number of aliphatic hydroxyl groups is 1. The van der Waals surface area contributed by atoms with Gasteiger partial charge in [0.15, 0.2) is 11.5 Å². The standard InChI is InChI=1S/C15H25NO3S/c1-10(9-17)11(2)16-8-12-6-13(18-3)14(19-4)7-15(12)20-5/h6-7,10-11,16-17H,8-9H2,1-5H3. The fourth-order valence-corrected chi connectivity index (χ4v) is 2.48. The first-order chi connectivity index (χ1) is 9.57. The molecule has 114 valence electrons. The van der Waals surface area contributed by atoms with E-state index in [1.807, 2.05) is 25.3 Å². The molecule has 2 atom stereocenters. The van der Waals surface area contributed by atoms with E-state index >= 15 is 0 Å². The monoisotopic (exact) mass is 299 g/mol. The average molecular weight is 299 g/mol. The maximum atomic E-state index is 9.17. The largest absolute Gasteiger partial charge is 0.493 e. The number of benzene rings is 1. The highest BCUT2D eigenvalue weighted by atomic mass is 32.2. The summed E-state index contributed by atoms with van der Waals surface area (Å²) < 4.78 is 10.7. The Bertz CT molecular complexity index is 426. The van der Waals surface area contributed by atoms with Crippen LogP contribution in [0.2, 0.25) is 0 Å². The Hall–Kier alpha value is -0.910. The zero-order chi connectivity index (χ0) is 15.1. The highest BCUT2D eigenvalue weighted by molar-refractivity contribution is 7.98. The smallest absolute Gasteiger partial charge is 0.161 e. The van der Waals surface area contributed by atoms with Gasteiger partial charge in [-0.25, -0.2) is 0 Å². The van der Waals surface area contributed by atoms with Crippen LogP contribution in [0.5, 0.6) is 11.5 Å². The van der Waals surface area contributed by atoms with Gasteiger partial charge in [-0.3, -0.25) is 0 Å². The van der Waals surface area contributed by atoms with E-state index < -0.39 is 0 Å². The van der Waals surface area contributed by atoms with E-state index in [2.05, 4.69) is 12.2 Å². The minimum absolute atomic E-state index is 0.190. The van der Waals surface area contributed by atoms with Crippen LogP contribution in [-0.4, -0.2) is 38.2 Å². The van der Waals surface area contributed by atoms with Crippen LogP contribution >= 0.6 is 11.8 Å². The highest BCUT2D eigenvalue weighted by Gasteiger charge is 2.14. The normalized spacial score (nSPS) is 13.9. The molecule has 20 heavy (non-hydrogen) atoms. The molecule has 0 aromatic heterocycles. The molecule has 0 spiro atoms. The number of methoxy groups -OCH3 is 2. The lowest BCUT2D eigenvalue weighted by atomic mass is 10.0. The third-order valence-corrected chi connectivity index (χ3v) is 4.36. The predicted octanol–water partition coefficient (Wildman–Crippen LogP) is 2.53. The molecule has 0 saturated heterocycles. The second-order valence-corrected chi connectivity index (χ2v) is 5.70. The molecule has 5 heteroatoms. The second kappa shape index (κ2) is 8.39. The summed E-state index contributed by atoms with van der Waals surface area (Å²) in [4.78, 5) is 1.17. The highest BCUT2D eigenvalue weighted by Crippen LogP contribution is 2.34. The van der Waals surface area contributed by atoms with Crippen LogP contribution in [0, 0.1) is 5.92 Å². The Morgan fingerprint density at radius 3 is 2.30 bits per heavy atom. The van der Waals surface area contributed by atoms with Crippen LogP contribution in [0.4, 0.5) is 0 Å². The third kappa shape index (κ3) is 4.30. The lowest BCUT2D eigenvalue weighted by Crippen LogP contribution is -2.33. The first kappa shape index (κ1) is 17.1. The third-order valence-electron chi connectivity index (χ3n) is 3.54. The van der Waals surface area contributed by atoms with Crippen LogP contribution < -0.4 is 14.8 Å². The number of ether oxygens (including phenoxy) is 2. The molecule has 2 N–H and O–H groups in total. The molecule has 0 aliphatic carbocycles. The number of thioether (sulfide) groups is 1. The van der Waals surface area contributed by atoms with Crippen molar-refractivity contribution >= 4 is 11.8 Å². The van der Waals surface area contributed by atoms with Crippen molar-refractivity contribution in [3.63, 3.8) is 0 Å². The molecule has 0 aliphatic heterocycles. The Morgan fingerprint density at radius 2 is 1.80 bits per heavy atom. The summed E-state index contributed by atoms with van der Waals surface area (Å²) in [6.07, 6.45) is 2.05. The van der Waals surface area contributed by atoms with Gasteiger partial charge in [0.25, 0.3) is 0 Å². The van der Waals surface area contributed by atoms with E-state index in [1.165, 1.54) is 10.5 Å². The first-order valence-electron chi connectivity index (χ1n) is 6.70.